The zero-order chi connectivity index (χ0) is 27.6. The monoisotopic (exact) mass is 554 g/mol. The van der Waals surface area contributed by atoms with Crippen molar-refractivity contribution in [3.63, 3.8) is 0 Å². The molecule has 0 saturated carbocycles. The van der Waals surface area contributed by atoms with Crippen LogP contribution in [0.5, 0.6) is 5.75 Å². The Morgan fingerprint density at radius 2 is 1.70 bits per heavy atom. The molecule has 0 bridgehead atoms. The number of benzene rings is 3. The van der Waals surface area contributed by atoms with E-state index in [4.69, 9.17) is 4.74 Å². The quantitative estimate of drug-likeness (QED) is 0.229. The zero-order valence-electron chi connectivity index (χ0n) is 22.0. The van der Waals surface area contributed by atoms with Crippen LogP contribution in [0.3, 0.4) is 0 Å². The lowest BCUT2D eigenvalue weighted by molar-refractivity contribution is -0.113. The number of fused-ring (bicyclic) bond motifs is 2. The highest BCUT2D eigenvalue weighted by Gasteiger charge is 2.34. The molecule has 0 radical (unpaired) electrons. The van der Waals surface area contributed by atoms with Crippen molar-refractivity contribution < 1.29 is 13.9 Å². The van der Waals surface area contributed by atoms with Crippen molar-refractivity contribution in [3.8, 4) is 17.1 Å². The molecule has 1 aliphatic heterocycles. The van der Waals surface area contributed by atoms with Gasteiger partial charge in [0.05, 0.1) is 24.4 Å². The van der Waals surface area contributed by atoms with Crippen molar-refractivity contribution in [2.45, 2.75) is 39.2 Å². The van der Waals surface area contributed by atoms with Crippen LogP contribution >= 0.6 is 11.3 Å². The van der Waals surface area contributed by atoms with Gasteiger partial charge in [0.25, 0.3) is 11.5 Å². The van der Waals surface area contributed by atoms with E-state index in [9.17, 15) is 14.0 Å². The van der Waals surface area contributed by atoms with Crippen molar-refractivity contribution >= 4 is 33.5 Å². The standard InChI is InChI=1S/C31H27FN4O3S/c1-2-3-4-9-18-39-22-16-14-20(15-17-22)28-33-31-36(34-28)30(38)27(40-31)26-23-11-6-8-13-25(23)35(29(26)37)19-21-10-5-7-12-24(21)32/h5-8,10-17H,2-4,9,18-19H2,1H3. The van der Waals surface area contributed by atoms with E-state index in [1.807, 2.05) is 36.4 Å². The molecule has 0 saturated heterocycles. The molecule has 3 heterocycles. The second kappa shape index (κ2) is 11.0. The van der Waals surface area contributed by atoms with Crippen molar-refractivity contribution in [3.05, 3.63) is 105 Å². The van der Waals surface area contributed by atoms with Gasteiger partial charge in [0.15, 0.2) is 5.82 Å². The van der Waals surface area contributed by atoms with Gasteiger partial charge in [-0.2, -0.15) is 9.50 Å². The summed E-state index contributed by atoms with van der Waals surface area (Å²) in [5.41, 5.74) is 2.32. The number of carbonyl (C=O) groups excluding carboxylic acids is 1. The highest BCUT2D eigenvalue weighted by Crippen LogP contribution is 2.36. The van der Waals surface area contributed by atoms with Crippen LogP contribution in [0.2, 0.25) is 0 Å². The minimum Gasteiger partial charge on any atom is -0.494 e. The smallest absolute Gasteiger partial charge is 0.291 e. The lowest BCUT2D eigenvalue weighted by Crippen LogP contribution is -2.32. The van der Waals surface area contributed by atoms with E-state index in [0.29, 0.717) is 34.2 Å². The van der Waals surface area contributed by atoms with Crippen molar-refractivity contribution in [1.29, 1.82) is 0 Å². The number of unbranched alkanes of at least 4 members (excludes halogenated alkanes) is 3. The zero-order valence-corrected chi connectivity index (χ0v) is 22.8. The summed E-state index contributed by atoms with van der Waals surface area (Å²) in [4.78, 5) is 33.6. The van der Waals surface area contributed by atoms with Gasteiger partial charge in [0.2, 0.25) is 4.96 Å². The van der Waals surface area contributed by atoms with Gasteiger partial charge in [0, 0.05) is 16.7 Å². The SMILES string of the molecule is CCCCCCOc1ccc(-c2nc3sc(=C4C(=O)N(Cc5ccccc5F)c5ccccc54)c(=O)n3n2)cc1. The van der Waals surface area contributed by atoms with Crippen LogP contribution < -0.4 is 19.7 Å². The van der Waals surface area contributed by atoms with Crippen LogP contribution in [-0.2, 0) is 11.3 Å². The number of aromatic nitrogens is 3. The largest absolute Gasteiger partial charge is 0.494 e. The molecular weight excluding hydrogens is 527 g/mol. The minimum absolute atomic E-state index is 0.0591. The normalized spacial score (nSPS) is 14.2. The van der Waals surface area contributed by atoms with Gasteiger partial charge in [0.1, 0.15) is 16.1 Å². The maximum Gasteiger partial charge on any atom is 0.291 e. The summed E-state index contributed by atoms with van der Waals surface area (Å²) in [6.07, 6.45) is 4.58. The summed E-state index contributed by atoms with van der Waals surface area (Å²) < 4.78 is 21.7. The number of para-hydroxylation sites is 1. The molecular formula is C31H27FN4O3S. The van der Waals surface area contributed by atoms with Crippen molar-refractivity contribution in [2.75, 3.05) is 11.5 Å². The van der Waals surface area contributed by atoms with Crippen LogP contribution in [0, 0.1) is 5.82 Å². The number of carbonyl (C=O) groups is 1. The number of hydrogen-bond acceptors (Lipinski definition) is 6. The number of hydrogen-bond donors (Lipinski definition) is 0. The second-order valence-corrected chi connectivity index (χ2v) is 10.7. The van der Waals surface area contributed by atoms with E-state index in [-0.39, 0.29) is 28.4 Å². The molecule has 0 atom stereocenters. The first kappa shape index (κ1) is 25.9. The Kier molecular flexibility index (Phi) is 7.13. The summed E-state index contributed by atoms with van der Waals surface area (Å²) in [5, 5.41) is 4.45. The molecule has 3 aromatic carbocycles. The molecule has 9 heteroatoms. The highest BCUT2D eigenvalue weighted by atomic mass is 32.1. The second-order valence-electron chi connectivity index (χ2n) is 9.67. The lowest BCUT2D eigenvalue weighted by atomic mass is 10.1. The Morgan fingerprint density at radius 3 is 2.48 bits per heavy atom. The molecule has 0 aliphatic carbocycles. The van der Waals surface area contributed by atoms with E-state index >= 15 is 0 Å². The molecule has 1 amide bonds. The summed E-state index contributed by atoms with van der Waals surface area (Å²) in [5.74, 6) is 0.469. The molecule has 40 heavy (non-hydrogen) atoms. The number of ether oxygens (including phenoxy) is 1. The molecule has 5 aromatic rings. The van der Waals surface area contributed by atoms with E-state index < -0.39 is 5.56 Å². The van der Waals surface area contributed by atoms with Gasteiger partial charge in [-0.05, 0) is 42.8 Å². The highest BCUT2D eigenvalue weighted by molar-refractivity contribution is 7.15. The summed E-state index contributed by atoms with van der Waals surface area (Å²) in [6, 6.07) is 21.1. The third kappa shape index (κ3) is 4.77. The molecule has 6 rings (SSSR count). The number of anilines is 1. The Hall–Kier alpha value is -4.37. The molecule has 202 valence electrons. The predicted octanol–water partition coefficient (Wildman–Crippen LogP) is 5.38. The van der Waals surface area contributed by atoms with Gasteiger partial charge in [-0.25, -0.2) is 4.39 Å². The first-order chi connectivity index (χ1) is 19.5. The topological polar surface area (TPSA) is 76.8 Å². The molecule has 0 spiro atoms. The number of amides is 1. The van der Waals surface area contributed by atoms with Crippen LogP contribution in [0.4, 0.5) is 10.1 Å². The van der Waals surface area contributed by atoms with Gasteiger partial charge in [-0.3, -0.25) is 9.59 Å². The van der Waals surface area contributed by atoms with Crippen LogP contribution in [0.15, 0.2) is 77.6 Å². The molecule has 2 aromatic heterocycles. The lowest BCUT2D eigenvalue weighted by Gasteiger charge is -2.17. The Morgan fingerprint density at radius 1 is 0.925 bits per heavy atom. The molecule has 0 unspecified atom stereocenters. The van der Waals surface area contributed by atoms with E-state index in [0.717, 1.165) is 35.5 Å². The fourth-order valence-corrected chi connectivity index (χ4v) is 5.88. The molecule has 0 N–H and O–H groups in total. The van der Waals surface area contributed by atoms with Gasteiger partial charge >= 0.3 is 0 Å². The van der Waals surface area contributed by atoms with Crippen molar-refractivity contribution in [1.82, 2.24) is 14.6 Å². The third-order valence-corrected chi connectivity index (χ3v) is 8.00. The average molecular weight is 555 g/mol. The van der Waals surface area contributed by atoms with Gasteiger partial charge < -0.3 is 9.64 Å². The number of nitrogens with zero attached hydrogens (tertiary/aromatic N) is 4. The van der Waals surface area contributed by atoms with Crippen LogP contribution in [0.25, 0.3) is 21.9 Å². The Balaban J connectivity index is 1.31. The molecule has 0 fully saturated rings. The molecule has 7 nitrogen and oxygen atoms in total. The van der Waals surface area contributed by atoms with Crippen LogP contribution in [-0.4, -0.2) is 27.1 Å². The summed E-state index contributed by atoms with van der Waals surface area (Å²) in [6.45, 7) is 2.92. The maximum atomic E-state index is 14.4. The van der Waals surface area contributed by atoms with E-state index in [2.05, 4.69) is 17.0 Å². The number of thiazole rings is 1. The maximum absolute atomic E-state index is 14.4. The van der Waals surface area contributed by atoms with Gasteiger partial charge in [-0.15, -0.1) is 5.10 Å². The minimum atomic E-state index is -0.406. The number of rotatable bonds is 9. The third-order valence-electron chi connectivity index (χ3n) is 6.97. The Labute approximate surface area is 234 Å². The molecule has 1 aliphatic rings. The van der Waals surface area contributed by atoms with E-state index in [1.54, 1.807) is 30.3 Å². The predicted molar refractivity (Wildman–Crippen MR) is 154 cm³/mol. The average Bonchev–Trinajstić information content (AvgIpc) is 3.61. The van der Waals surface area contributed by atoms with Crippen LogP contribution in [0.1, 0.15) is 43.7 Å². The summed E-state index contributed by atoms with van der Waals surface area (Å²) >= 11 is 1.13. The van der Waals surface area contributed by atoms with Crippen molar-refractivity contribution in [2.24, 2.45) is 0 Å². The van der Waals surface area contributed by atoms with Gasteiger partial charge in [-0.1, -0.05) is 73.9 Å². The fraction of sp³-hybridized carbons (Fsp3) is 0.226. The Bertz CT molecular complexity index is 1810. The summed E-state index contributed by atoms with van der Waals surface area (Å²) in [7, 11) is 0. The van der Waals surface area contributed by atoms with E-state index in [1.165, 1.54) is 28.3 Å². The fourth-order valence-electron chi connectivity index (χ4n) is 4.88. The first-order valence-corrected chi connectivity index (χ1v) is 14.2. The first-order valence-electron chi connectivity index (χ1n) is 13.4. The number of halogens is 1.